The molecule has 0 saturated carbocycles. The molecule has 3 rings (SSSR count). The predicted octanol–water partition coefficient (Wildman–Crippen LogP) is 3.56. The number of amides is 1. The van der Waals surface area contributed by atoms with Gasteiger partial charge < -0.3 is 15.0 Å². The third kappa shape index (κ3) is 5.34. The molecule has 0 bridgehead atoms. The van der Waals surface area contributed by atoms with Crippen LogP contribution in [0.3, 0.4) is 0 Å². The highest BCUT2D eigenvalue weighted by molar-refractivity contribution is 5.86. The Morgan fingerprint density at radius 1 is 1.32 bits per heavy atom. The van der Waals surface area contributed by atoms with E-state index >= 15 is 0 Å². The second kappa shape index (κ2) is 9.91. The van der Waals surface area contributed by atoms with Crippen LogP contribution in [-0.4, -0.2) is 36.7 Å². The number of rotatable bonds is 5. The average Bonchev–Trinajstić information content (AvgIpc) is 2.68. The Morgan fingerprint density at radius 2 is 2.07 bits per heavy atom. The van der Waals surface area contributed by atoms with Crippen molar-refractivity contribution in [1.82, 2.24) is 5.32 Å². The molecular weight excluding hydrogens is 384 g/mol. The molecule has 2 aromatic carbocycles. The Morgan fingerprint density at radius 3 is 2.75 bits per heavy atom. The van der Waals surface area contributed by atoms with Crippen LogP contribution in [0.15, 0.2) is 48.5 Å². The molecule has 8 nitrogen and oxygen atoms in total. The summed E-state index contributed by atoms with van der Waals surface area (Å²) in [5.41, 5.74) is 1.70. The molecular formula is C19H23ClN4O4. The van der Waals surface area contributed by atoms with Crippen LogP contribution in [0.2, 0.25) is 0 Å². The summed E-state index contributed by atoms with van der Waals surface area (Å²) < 4.78 is 5.16. The van der Waals surface area contributed by atoms with E-state index in [0.29, 0.717) is 17.9 Å². The fourth-order valence-corrected chi connectivity index (χ4v) is 3.07. The first-order valence-electron chi connectivity index (χ1n) is 8.78. The number of nitrogens with one attached hydrogen (secondary N) is 2. The minimum absolute atomic E-state index is 0. The summed E-state index contributed by atoms with van der Waals surface area (Å²) in [6.45, 7) is 4.37. The number of carbonyl (C=O) groups is 1. The van der Waals surface area contributed by atoms with Gasteiger partial charge in [0.05, 0.1) is 10.6 Å². The molecule has 1 heterocycles. The molecule has 9 heteroatoms. The van der Waals surface area contributed by atoms with E-state index in [0.717, 1.165) is 18.7 Å². The fraction of sp³-hybridized carbons (Fsp3) is 0.316. The Balaban J connectivity index is 0.00000280. The highest BCUT2D eigenvalue weighted by Gasteiger charge is 2.26. The summed E-state index contributed by atoms with van der Waals surface area (Å²) in [6, 6.07) is 14.1. The minimum atomic E-state index is -0.656. The summed E-state index contributed by atoms with van der Waals surface area (Å²) in [5, 5.41) is 17.4. The summed E-state index contributed by atoms with van der Waals surface area (Å²) in [5.74, 6) is 0. The van der Waals surface area contributed by atoms with Crippen molar-refractivity contribution in [3.8, 4) is 0 Å². The smallest absolute Gasteiger partial charge is 0.411 e. The first-order chi connectivity index (χ1) is 13.0. The molecule has 0 unspecified atom stereocenters. The van der Waals surface area contributed by atoms with Gasteiger partial charge in [0, 0.05) is 31.7 Å². The Kier molecular flexibility index (Phi) is 7.60. The molecule has 0 radical (unpaired) electrons. The van der Waals surface area contributed by atoms with Crippen molar-refractivity contribution in [1.29, 1.82) is 0 Å². The van der Waals surface area contributed by atoms with E-state index in [1.807, 2.05) is 42.2 Å². The lowest BCUT2D eigenvalue weighted by molar-refractivity contribution is -0.384. The topological polar surface area (TPSA) is 96.7 Å². The first kappa shape index (κ1) is 21.5. The van der Waals surface area contributed by atoms with Gasteiger partial charge in [0.1, 0.15) is 12.3 Å². The second-order valence-corrected chi connectivity index (χ2v) is 6.39. The number of nitro groups is 1. The number of piperazine rings is 1. The molecule has 0 aromatic heterocycles. The largest absolute Gasteiger partial charge is 0.444 e. The maximum Gasteiger partial charge on any atom is 0.411 e. The number of anilines is 2. The normalized spacial score (nSPS) is 16.0. The quantitative estimate of drug-likeness (QED) is 0.582. The third-order valence-corrected chi connectivity index (χ3v) is 4.44. The highest BCUT2D eigenvalue weighted by Crippen LogP contribution is 2.32. The van der Waals surface area contributed by atoms with E-state index in [9.17, 15) is 14.9 Å². The molecule has 0 spiro atoms. The minimum Gasteiger partial charge on any atom is -0.444 e. The molecule has 150 valence electrons. The summed E-state index contributed by atoms with van der Waals surface area (Å²) in [6.07, 6.45) is -0.656. The number of carbonyl (C=O) groups excluding carboxylic acids is 1. The van der Waals surface area contributed by atoms with Gasteiger partial charge in [0.2, 0.25) is 0 Å². The molecule has 1 atom stereocenters. The zero-order chi connectivity index (χ0) is 19.2. The molecule has 2 N–H and O–H groups in total. The Labute approximate surface area is 169 Å². The van der Waals surface area contributed by atoms with E-state index < -0.39 is 11.0 Å². The molecule has 1 fully saturated rings. The lowest BCUT2D eigenvalue weighted by Crippen LogP contribution is -2.50. The summed E-state index contributed by atoms with van der Waals surface area (Å²) in [4.78, 5) is 25.1. The number of halogens is 1. The van der Waals surface area contributed by atoms with Crippen LogP contribution < -0.4 is 15.5 Å². The lowest BCUT2D eigenvalue weighted by atomic mass is 10.1. The highest BCUT2D eigenvalue weighted by atomic mass is 35.5. The van der Waals surface area contributed by atoms with Crippen molar-refractivity contribution >= 4 is 35.6 Å². The van der Waals surface area contributed by atoms with Gasteiger partial charge in [-0.15, -0.1) is 12.4 Å². The summed E-state index contributed by atoms with van der Waals surface area (Å²) in [7, 11) is 0. The van der Waals surface area contributed by atoms with Crippen molar-refractivity contribution in [2.24, 2.45) is 0 Å². The van der Waals surface area contributed by atoms with Crippen molar-refractivity contribution in [3.63, 3.8) is 0 Å². The monoisotopic (exact) mass is 406 g/mol. The van der Waals surface area contributed by atoms with E-state index in [1.165, 1.54) is 6.07 Å². The molecule has 28 heavy (non-hydrogen) atoms. The number of nitro benzene ring substituents is 1. The van der Waals surface area contributed by atoms with Gasteiger partial charge in [0.15, 0.2) is 0 Å². The van der Waals surface area contributed by atoms with Gasteiger partial charge in [-0.05, 0) is 24.6 Å². The number of hydrogen-bond acceptors (Lipinski definition) is 6. The van der Waals surface area contributed by atoms with Crippen LogP contribution in [0.25, 0.3) is 0 Å². The van der Waals surface area contributed by atoms with Crippen molar-refractivity contribution in [3.05, 3.63) is 64.2 Å². The van der Waals surface area contributed by atoms with Crippen molar-refractivity contribution < 1.29 is 14.5 Å². The Bertz CT molecular complexity index is 819. The maximum atomic E-state index is 12.0. The molecule has 1 aliphatic heterocycles. The van der Waals surface area contributed by atoms with E-state index in [1.54, 1.807) is 12.1 Å². The molecule has 0 aliphatic carbocycles. The number of benzene rings is 2. The van der Waals surface area contributed by atoms with Crippen LogP contribution in [0.4, 0.5) is 21.9 Å². The fourth-order valence-electron chi connectivity index (χ4n) is 3.07. The number of hydrogen-bond donors (Lipinski definition) is 2. The SMILES string of the molecule is C[C@H]1CNCCN1c1ccc(NC(=O)OCc2ccccc2)cc1[N+](=O)[O-].Cl. The van der Waals surface area contributed by atoms with E-state index in [4.69, 9.17) is 4.74 Å². The van der Waals surface area contributed by atoms with Crippen LogP contribution >= 0.6 is 12.4 Å². The third-order valence-electron chi connectivity index (χ3n) is 4.44. The van der Waals surface area contributed by atoms with Crippen molar-refractivity contribution in [2.75, 3.05) is 29.9 Å². The maximum absolute atomic E-state index is 12.0. The van der Waals surface area contributed by atoms with Gasteiger partial charge >= 0.3 is 6.09 Å². The van der Waals surface area contributed by atoms with Crippen LogP contribution in [0.5, 0.6) is 0 Å². The van der Waals surface area contributed by atoms with Crippen molar-refractivity contribution in [2.45, 2.75) is 19.6 Å². The number of nitrogens with zero attached hydrogens (tertiary/aromatic N) is 2. The standard InChI is InChI=1S/C19H22N4O4.ClH/c1-14-12-20-9-10-22(14)17-8-7-16(11-18(17)23(25)26)21-19(24)27-13-15-5-3-2-4-6-15;/h2-8,11,14,20H,9-10,12-13H2,1H3,(H,21,24);1H/t14-;/m0./s1. The van der Waals surface area contributed by atoms with Gasteiger partial charge in [-0.3, -0.25) is 15.4 Å². The molecule has 1 amide bonds. The lowest BCUT2D eigenvalue weighted by Gasteiger charge is -2.35. The van der Waals surface area contributed by atoms with Crippen LogP contribution in [0.1, 0.15) is 12.5 Å². The predicted molar refractivity (Wildman–Crippen MR) is 110 cm³/mol. The number of ether oxygens (including phenoxy) is 1. The molecule has 1 saturated heterocycles. The van der Waals surface area contributed by atoms with E-state index in [2.05, 4.69) is 10.6 Å². The van der Waals surface area contributed by atoms with Crippen LogP contribution in [0, 0.1) is 10.1 Å². The zero-order valence-electron chi connectivity index (χ0n) is 15.5. The van der Waals surface area contributed by atoms with Gasteiger partial charge in [-0.2, -0.15) is 0 Å². The molecule has 2 aromatic rings. The summed E-state index contributed by atoms with van der Waals surface area (Å²) >= 11 is 0. The van der Waals surface area contributed by atoms with Gasteiger partial charge in [-0.1, -0.05) is 30.3 Å². The molecule has 1 aliphatic rings. The van der Waals surface area contributed by atoms with E-state index in [-0.39, 0.29) is 30.7 Å². The zero-order valence-corrected chi connectivity index (χ0v) is 16.3. The average molecular weight is 407 g/mol. The van der Waals surface area contributed by atoms with Gasteiger partial charge in [-0.25, -0.2) is 4.79 Å². The second-order valence-electron chi connectivity index (χ2n) is 6.39. The van der Waals surface area contributed by atoms with Crippen LogP contribution in [-0.2, 0) is 11.3 Å². The Hall–Kier alpha value is -2.84. The first-order valence-corrected chi connectivity index (χ1v) is 8.78. The van der Waals surface area contributed by atoms with Gasteiger partial charge in [0.25, 0.3) is 5.69 Å².